The van der Waals surface area contributed by atoms with Gasteiger partial charge in [0, 0.05) is 26.2 Å². The number of ketones is 1. The molecule has 0 aromatic carbocycles. The van der Waals surface area contributed by atoms with E-state index in [1.54, 1.807) is 0 Å². The average Bonchev–Trinajstić information content (AvgIpc) is 2.86. The molecule has 5 rings (SSSR count). The van der Waals surface area contributed by atoms with Crippen LogP contribution in [-0.2, 0) is 14.3 Å². The number of hydrogen-bond donors (Lipinski definition) is 0. The second-order valence-electron chi connectivity index (χ2n) is 8.24. The fraction of sp³-hybridized carbons (Fsp3) is 0.882. The molecule has 0 unspecified atom stereocenters. The summed E-state index contributed by atoms with van der Waals surface area (Å²) in [5.41, 5.74) is -0.720. The Morgan fingerprint density at radius 2 is 1.73 bits per heavy atom. The highest BCUT2D eigenvalue weighted by atomic mass is 16.5. The minimum Gasteiger partial charge on any atom is -0.466 e. The number of ether oxygens (including phenoxy) is 1. The predicted octanol–water partition coefficient (Wildman–Crippen LogP) is 1.27. The molecule has 4 saturated heterocycles. The van der Waals surface area contributed by atoms with Crippen molar-refractivity contribution in [2.45, 2.75) is 45.7 Å². The van der Waals surface area contributed by atoms with Gasteiger partial charge in [0.1, 0.15) is 5.78 Å². The van der Waals surface area contributed by atoms with E-state index in [1.807, 2.05) is 6.92 Å². The molecule has 1 saturated carbocycles. The standard InChI is InChI=1S/C17H26N2O3/c1-4-22-13(20)12-6-5-7-17(12)18-8-15(2)9-19(17)11-16(3,10-18)14(15)21/h12H,4-11H2,1-3H3/t12-,15?,16?,17?/m0/s1. The van der Waals surface area contributed by atoms with Gasteiger partial charge in [0.15, 0.2) is 0 Å². The smallest absolute Gasteiger partial charge is 0.312 e. The molecule has 5 nitrogen and oxygen atoms in total. The Kier molecular flexibility index (Phi) is 2.88. The van der Waals surface area contributed by atoms with Crippen molar-refractivity contribution >= 4 is 11.8 Å². The zero-order chi connectivity index (χ0) is 15.8. The van der Waals surface area contributed by atoms with Crippen LogP contribution in [0.2, 0.25) is 0 Å². The second-order valence-corrected chi connectivity index (χ2v) is 8.24. The number of Topliss-reactive ketones (excluding diaryl/α,β-unsaturated/α-hetero) is 1. The number of hydrogen-bond acceptors (Lipinski definition) is 5. The van der Waals surface area contributed by atoms with Gasteiger partial charge in [-0.3, -0.25) is 19.4 Å². The lowest BCUT2D eigenvalue weighted by atomic mass is 9.59. The molecule has 5 aliphatic rings. The van der Waals surface area contributed by atoms with Crippen molar-refractivity contribution in [3.05, 3.63) is 0 Å². The Balaban J connectivity index is 1.73. The first-order chi connectivity index (χ1) is 10.4. The fourth-order valence-corrected chi connectivity index (χ4v) is 5.94. The van der Waals surface area contributed by atoms with Crippen molar-refractivity contribution in [2.24, 2.45) is 16.7 Å². The number of esters is 1. The molecular formula is C17H26N2O3. The molecule has 1 atom stereocenters. The van der Waals surface area contributed by atoms with E-state index in [0.717, 1.165) is 45.4 Å². The maximum atomic E-state index is 12.8. The molecule has 1 spiro atoms. The van der Waals surface area contributed by atoms with Crippen molar-refractivity contribution in [1.82, 2.24) is 9.80 Å². The summed E-state index contributed by atoms with van der Waals surface area (Å²) in [6, 6.07) is 0. The van der Waals surface area contributed by atoms with Gasteiger partial charge in [0.2, 0.25) is 0 Å². The van der Waals surface area contributed by atoms with Gasteiger partial charge in [-0.05, 0) is 26.2 Å². The predicted molar refractivity (Wildman–Crippen MR) is 81.1 cm³/mol. The van der Waals surface area contributed by atoms with E-state index < -0.39 is 0 Å². The van der Waals surface area contributed by atoms with Crippen molar-refractivity contribution in [3.63, 3.8) is 0 Å². The molecule has 0 N–H and O–H groups in total. The molecule has 0 amide bonds. The number of carbonyl (C=O) groups is 2. The molecular weight excluding hydrogens is 280 g/mol. The lowest BCUT2D eigenvalue weighted by Gasteiger charge is -2.70. The van der Waals surface area contributed by atoms with Crippen LogP contribution >= 0.6 is 0 Å². The van der Waals surface area contributed by atoms with Gasteiger partial charge < -0.3 is 4.74 Å². The van der Waals surface area contributed by atoms with E-state index in [-0.39, 0.29) is 28.4 Å². The van der Waals surface area contributed by atoms with Crippen molar-refractivity contribution in [1.29, 1.82) is 0 Å². The molecule has 0 aromatic rings. The van der Waals surface area contributed by atoms with Crippen LogP contribution in [0.3, 0.4) is 0 Å². The maximum absolute atomic E-state index is 12.8. The van der Waals surface area contributed by atoms with Crippen molar-refractivity contribution in [3.8, 4) is 0 Å². The van der Waals surface area contributed by atoms with Gasteiger partial charge in [-0.2, -0.15) is 0 Å². The van der Waals surface area contributed by atoms with E-state index in [9.17, 15) is 9.59 Å². The van der Waals surface area contributed by atoms with Crippen LogP contribution in [0.4, 0.5) is 0 Å². The van der Waals surface area contributed by atoms with Crippen LogP contribution in [0.25, 0.3) is 0 Å². The highest BCUT2D eigenvalue weighted by molar-refractivity contribution is 5.93. The van der Waals surface area contributed by atoms with E-state index in [4.69, 9.17) is 4.74 Å². The third-order valence-electron chi connectivity index (χ3n) is 6.52. The van der Waals surface area contributed by atoms with Crippen LogP contribution in [0.1, 0.15) is 40.0 Å². The summed E-state index contributed by atoms with van der Waals surface area (Å²) in [7, 11) is 0. The molecule has 0 aromatic heterocycles. The number of nitrogens with zero attached hydrogens (tertiary/aromatic N) is 2. The minimum absolute atomic E-state index is 0.0471. The summed E-state index contributed by atoms with van der Waals surface area (Å²) in [5.74, 6) is 0.317. The van der Waals surface area contributed by atoms with Gasteiger partial charge in [-0.1, -0.05) is 13.8 Å². The lowest BCUT2D eigenvalue weighted by Crippen LogP contribution is -2.84. The van der Waals surface area contributed by atoms with Crippen LogP contribution < -0.4 is 0 Å². The lowest BCUT2D eigenvalue weighted by molar-refractivity contribution is -0.241. The summed E-state index contributed by atoms with van der Waals surface area (Å²) in [6.45, 7) is 9.72. The first-order valence-electron chi connectivity index (χ1n) is 8.57. The largest absolute Gasteiger partial charge is 0.466 e. The summed E-state index contributed by atoms with van der Waals surface area (Å²) >= 11 is 0. The monoisotopic (exact) mass is 306 g/mol. The summed E-state index contributed by atoms with van der Waals surface area (Å²) in [5, 5.41) is 0. The van der Waals surface area contributed by atoms with Gasteiger partial charge in [0.25, 0.3) is 0 Å². The Morgan fingerprint density at radius 3 is 2.23 bits per heavy atom. The van der Waals surface area contributed by atoms with E-state index in [1.165, 1.54) is 0 Å². The fourth-order valence-electron chi connectivity index (χ4n) is 5.94. The molecule has 1 aliphatic carbocycles. The average molecular weight is 306 g/mol. The highest BCUT2D eigenvalue weighted by Crippen LogP contribution is 2.57. The highest BCUT2D eigenvalue weighted by Gasteiger charge is 2.70. The number of piperidine rings is 2. The van der Waals surface area contributed by atoms with Crippen LogP contribution in [-0.4, -0.2) is 60.0 Å². The van der Waals surface area contributed by atoms with Gasteiger partial charge in [0.05, 0.1) is 29.0 Å². The van der Waals surface area contributed by atoms with Gasteiger partial charge in [-0.15, -0.1) is 0 Å². The molecule has 5 heteroatoms. The van der Waals surface area contributed by atoms with Crippen LogP contribution in [0.5, 0.6) is 0 Å². The van der Waals surface area contributed by atoms with E-state index in [0.29, 0.717) is 12.4 Å². The van der Waals surface area contributed by atoms with Crippen molar-refractivity contribution in [2.75, 3.05) is 32.8 Å². The molecule has 5 fully saturated rings. The first-order valence-corrected chi connectivity index (χ1v) is 8.57. The SMILES string of the molecule is CCOC(=O)[C@@H]1CCCC12N1CC3(C)CN2CC(C)(C1)C3=O. The Bertz CT molecular complexity index is 504. The number of rotatable bonds is 2. The summed E-state index contributed by atoms with van der Waals surface area (Å²) < 4.78 is 5.37. The van der Waals surface area contributed by atoms with Gasteiger partial charge in [-0.25, -0.2) is 0 Å². The topological polar surface area (TPSA) is 49.9 Å². The van der Waals surface area contributed by atoms with Crippen LogP contribution in [0.15, 0.2) is 0 Å². The summed E-state index contributed by atoms with van der Waals surface area (Å²) in [6.07, 6.45) is 3.00. The molecule has 22 heavy (non-hydrogen) atoms. The first kappa shape index (κ1) is 14.6. The van der Waals surface area contributed by atoms with Crippen molar-refractivity contribution < 1.29 is 14.3 Å². The zero-order valence-electron chi connectivity index (χ0n) is 13.9. The molecule has 122 valence electrons. The Hall–Kier alpha value is -0.940. The number of carbonyl (C=O) groups excluding carboxylic acids is 2. The third kappa shape index (κ3) is 1.56. The second kappa shape index (κ2) is 4.32. The zero-order valence-corrected chi connectivity index (χ0v) is 13.9. The van der Waals surface area contributed by atoms with Crippen LogP contribution in [0, 0.1) is 16.7 Å². The Labute approximate surface area is 132 Å². The normalized spacial score (nSPS) is 52.5. The molecule has 0 radical (unpaired) electrons. The van der Waals surface area contributed by atoms with Gasteiger partial charge >= 0.3 is 5.97 Å². The molecule has 4 bridgehead atoms. The molecule has 4 heterocycles. The third-order valence-corrected chi connectivity index (χ3v) is 6.52. The quantitative estimate of drug-likeness (QED) is 0.719. The maximum Gasteiger partial charge on any atom is 0.312 e. The van der Waals surface area contributed by atoms with E-state index >= 15 is 0 Å². The molecule has 4 aliphatic heterocycles. The minimum atomic E-state index is -0.266. The Morgan fingerprint density at radius 1 is 1.18 bits per heavy atom. The van der Waals surface area contributed by atoms with E-state index in [2.05, 4.69) is 23.6 Å². The summed E-state index contributed by atoms with van der Waals surface area (Å²) in [4.78, 5) is 30.2.